The number of rotatable bonds is 7. The molecule has 1 aromatic carbocycles. The smallest absolute Gasteiger partial charge is 0.386 e. The molecule has 3 aromatic heterocycles. The maximum atomic E-state index is 14.0. The molecule has 6 N–H and O–H groups in total. The number of hydrogen-bond donors (Lipinski definition) is 4. The number of esters is 2. The third-order valence-corrected chi connectivity index (χ3v) is 5.97. The number of carbonyl (C=O) groups is 3. The Morgan fingerprint density at radius 3 is 2.47 bits per heavy atom. The Balaban J connectivity index is 1.89. The van der Waals surface area contributed by atoms with E-state index in [2.05, 4.69) is 24.7 Å². The van der Waals surface area contributed by atoms with Gasteiger partial charge in [0, 0.05) is 28.5 Å². The molecule has 3 heterocycles. The first kappa shape index (κ1) is 24.7. The summed E-state index contributed by atoms with van der Waals surface area (Å²) in [5.41, 5.74) is 9.49. The van der Waals surface area contributed by atoms with Crippen molar-refractivity contribution in [1.82, 2.24) is 15.0 Å². The second kappa shape index (κ2) is 9.30. The van der Waals surface area contributed by atoms with Crippen LogP contribution in [0, 0.1) is 0 Å². The summed E-state index contributed by atoms with van der Waals surface area (Å²) in [7, 11) is 0. The Bertz CT molecular complexity index is 1440. The van der Waals surface area contributed by atoms with Crippen molar-refractivity contribution >= 4 is 51.1 Å². The van der Waals surface area contributed by atoms with E-state index < -0.39 is 35.7 Å². The first-order chi connectivity index (χ1) is 17.0. The Morgan fingerprint density at radius 2 is 1.83 bits per heavy atom. The molecule has 4 rings (SSSR count). The van der Waals surface area contributed by atoms with Gasteiger partial charge < -0.3 is 26.2 Å². The molecule has 14 heteroatoms. The lowest BCUT2D eigenvalue weighted by molar-refractivity contribution is -0.202. The highest BCUT2D eigenvalue weighted by Crippen LogP contribution is 2.40. The molecule has 0 aliphatic rings. The number of para-hydroxylation sites is 1. The van der Waals surface area contributed by atoms with Gasteiger partial charge in [-0.25, -0.2) is 9.78 Å². The van der Waals surface area contributed by atoms with Crippen molar-refractivity contribution in [2.75, 3.05) is 0 Å². The number of carbonyl (C=O) groups excluding carboxylic acids is 3. The lowest BCUT2D eigenvalue weighted by Crippen LogP contribution is -2.42. The number of ether oxygens (including phenoxy) is 1. The summed E-state index contributed by atoms with van der Waals surface area (Å²) in [6.07, 6.45) is -4.89. The van der Waals surface area contributed by atoms with Gasteiger partial charge in [0.25, 0.3) is 0 Å². The molecule has 4 aromatic rings. The largest absolute Gasteiger partial charge is 0.491 e. The number of halogens is 3. The molecule has 10 nitrogen and oxygen atoms in total. The van der Waals surface area contributed by atoms with Gasteiger partial charge in [-0.3, -0.25) is 9.59 Å². The molecular weight excluding hydrogens is 501 g/mol. The monoisotopic (exact) mass is 518 g/mol. The fourth-order valence-electron chi connectivity index (χ4n) is 3.72. The number of fused-ring (bicyclic) bond motifs is 1. The highest BCUT2D eigenvalue weighted by Gasteiger charge is 2.50. The Kier molecular flexibility index (Phi) is 6.37. The predicted molar refractivity (Wildman–Crippen MR) is 124 cm³/mol. The Morgan fingerprint density at radius 1 is 1.08 bits per heavy atom. The number of aliphatic imine (C=N–C) groups is 1. The SMILES string of the molecule is NC(N)=Nc1nc(C(=O)C(CC(=O)OC(=O)C(F)(F)F)(c2ccc[nH]2)c2cc3ccccc3[nH]2)cs1. The molecule has 1 atom stereocenters. The minimum Gasteiger partial charge on any atom is -0.386 e. The molecule has 0 saturated heterocycles. The standard InChI is InChI=1S/C22H17F3N6O4S/c23-22(24,25)18(34)35-16(32)9-21(14-6-3-7-28-14,15-8-11-4-1-2-5-12(11)29-15)17(33)13-10-36-20(30-13)31-19(26)27/h1-8,10,28-29H,9H2,(H4,26,27,30,31). The number of ketones is 1. The normalized spacial score (nSPS) is 13.2. The van der Waals surface area contributed by atoms with Crippen molar-refractivity contribution in [2.24, 2.45) is 16.5 Å². The van der Waals surface area contributed by atoms with E-state index in [0.717, 1.165) is 11.3 Å². The average molecular weight is 518 g/mol. The van der Waals surface area contributed by atoms with E-state index >= 15 is 0 Å². The first-order valence-corrected chi connectivity index (χ1v) is 11.0. The van der Waals surface area contributed by atoms with Crippen LogP contribution >= 0.6 is 11.3 Å². The molecule has 36 heavy (non-hydrogen) atoms. The Labute approximate surface area is 204 Å². The van der Waals surface area contributed by atoms with Crippen LogP contribution in [0.15, 0.2) is 59.0 Å². The molecule has 0 saturated carbocycles. The van der Waals surface area contributed by atoms with E-state index in [0.29, 0.717) is 10.9 Å². The summed E-state index contributed by atoms with van der Waals surface area (Å²) in [5, 5.41) is 2.05. The summed E-state index contributed by atoms with van der Waals surface area (Å²) >= 11 is 0.934. The highest BCUT2D eigenvalue weighted by molar-refractivity contribution is 7.13. The van der Waals surface area contributed by atoms with E-state index in [1.807, 2.05) is 0 Å². The van der Waals surface area contributed by atoms with Crippen LogP contribution in [0.2, 0.25) is 0 Å². The fraction of sp³-hybridized carbons (Fsp3) is 0.136. The minimum absolute atomic E-state index is 0.0465. The van der Waals surface area contributed by atoms with Gasteiger partial charge in [-0.05, 0) is 29.7 Å². The molecule has 1 unspecified atom stereocenters. The second-order valence-electron chi connectivity index (χ2n) is 7.58. The van der Waals surface area contributed by atoms with Crippen LogP contribution in [0.3, 0.4) is 0 Å². The number of H-pyrrole nitrogens is 2. The third kappa shape index (κ3) is 4.70. The molecule has 0 aliphatic heterocycles. The van der Waals surface area contributed by atoms with Gasteiger partial charge in [0.05, 0.1) is 6.42 Å². The molecular formula is C22H17F3N6O4S. The summed E-state index contributed by atoms with van der Waals surface area (Å²) in [6.45, 7) is 0. The van der Waals surface area contributed by atoms with Crippen LogP contribution in [0.4, 0.5) is 18.3 Å². The highest BCUT2D eigenvalue weighted by atomic mass is 32.1. The molecule has 0 fully saturated rings. The number of alkyl halides is 3. The van der Waals surface area contributed by atoms with Gasteiger partial charge in [0.15, 0.2) is 5.96 Å². The van der Waals surface area contributed by atoms with Crippen LogP contribution in [0.25, 0.3) is 10.9 Å². The number of guanidine groups is 1. The number of aromatic nitrogens is 3. The Hall–Kier alpha value is -4.46. The number of nitrogens with one attached hydrogen (secondary N) is 2. The summed E-state index contributed by atoms with van der Waals surface area (Å²) < 4.78 is 42.3. The van der Waals surface area contributed by atoms with Gasteiger partial charge in [-0.2, -0.15) is 18.2 Å². The maximum absolute atomic E-state index is 14.0. The van der Waals surface area contributed by atoms with Crippen LogP contribution in [-0.4, -0.2) is 44.8 Å². The van der Waals surface area contributed by atoms with Crippen molar-refractivity contribution in [1.29, 1.82) is 0 Å². The van der Waals surface area contributed by atoms with Gasteiger partial charge in [0.2, 0.25) is 10.9 Å². The number of Topliss-reactive ketones (excluding diaryl/α,β-unsaturated/α-hetero) is 1. The van der Waals surface area contributed by atoms with Gasteiger partial charge >= 0.3 is 18.1 Å². The first-order valence-electron chi connectivity index (χ1n) is 10.1. The topological polar surface area (TPSA) is 169 Å². The predicted octanol–water partition coefficient (Wildman–Crippen LogP) is 3.05. The zero-order valence-corrected chi connectivity index (χ0v) is 18.9. The number of benzene rings is 1. The van der Waals surface area contributed by atoms with Crippen molar-refractivity contribution < 1.29 is 32.3 Å². The maximum Gasteiger partial charge on any atom is 0.491 e. The molecule has 0 bridgehead atoms. The number of hydrogen-bond acceptors (Lipinski definition) is 7. The van der Waals surface area contributed by atoms with E-state index in [1.54, 1.807) is 30.3 Å². The van der Waals surface area contributed by atoms with Crippen LogP contribution in [0.5, 0.6) is 0 Å². The fourth-order valence-corrected chi connectivity index (χ4v) is 4.41. The number of aromatic amines is 2. The summed E-state index contributed by atoms with van der Waals surface area (Å²) in [6, 6.07) is 11.5. The van der Waals surface area contributed by atoms with E-state index in [-0.39, 0.29) is 28.2 Å². The number of thiazole rings is 1. The van der Waals surface area contributed by atoms with Gasteiger partial charge in [-0.1, -0.05) is 18.2 Å². The third-order valence-electron chi connectivity index (χ3n) is 5.23. The molecule has 0 radical (unpaired) electrons. The van der Waals surface area contributed by atoms with E-state index in [9.17, 15) is 27.6 Å². The van der Waals surface area contributed by atoms with Crippen LogP contribution in [-0.2, 0) is 19.7 Å². The molecule has 0 amide bonds. The van der Waals surface area contributed by atoms with E-state index in [1.165, 1.54) is 23.7 Å². The van der Waals surface area contributed by atoms with Gasteiger partial charge in [-0.15, -0.1) is 11.3 Å². The van der Waals surface area contributed by atoms with Crippen molar-refractivity contribution in [3.63, 3.8) is 0 Å². The molecule has 0 spiro atoms. The zero-order chi connectivity index (χ0) is 26.1. The van der Waals surface area contributed by atoms with Crippen molar-refractivity contribution in [3.05, 3.63) is 71.1 Å². The summed E-state index contributed by atoms with van der Waals surface area (Å²) in [4.78, 5) is 51.9. The number of nitrogens with two attached hydrogens (primary N) is 2. The lowest BCUT2D eigenvalue weighted by Gasteiger charge is -2.29. The average Bonchev–Trinajstić information content (AvgIpc) is 3.56. The van der Waals surface area contributed by atoms with Crippen molar-refractivity contribution in [2.45, 2.75) is 18.0 Å². The van der Waals surface area contributed by atoms with Crippen molar-refractivity contribution in [3.8, 4) is 0 Å². The van der Waals surface area contributed by atoms with Crippen LogP contribution in [0.1, 0.15) is 28.3 Å². The summed E-state index contributed by atoms with van der Waals surface area (Å²) in [5.74, 6) is -5.34. The van der Waals surface area contributed by atoms with E-state index in [4.69, 9.17) is 11.5 Å². The van der Waals surface area contributed by atoms with Gasteiger partial charge in [0.1, 0.15) is 11.1 Å². The number of nitrogens with zero attached hydrogens (tertiary/aromatic N) is 2. The second-order valence-corrected chi connectivity index (χ2v) is 8.41. The minimum atomic E-state index is -5.40. The zero-order valence-electron chi connectivity index (χ0n) is 18.1. The molecule has 186 valence electrons. The quantitative estimate of drug-likeness (QED) is 0.0958. The molecule has 0 aliphatic carbocycles. The lowest BCUT2D eigenvalue weighted by atomic mass is 9.73. The van der Waals surface area contributed by atoms with Crippen LogP contribution < -0.4 is 11.5 Å².